The van der Waals surface area contributed by atoms with Crippen LogP contribution in [0.3, 0.4) is 0 Å². The van der Waals surface area contributed by atoms with Gasteiger partial charge in [0.1, 0.15) is 17.1 Å². The first-order chi connectivity index (χ1) is 12.5. The molecule has 5 nitrogen and oxygen atoms in total. The van der Waals surface area contributed by atoms with Gasteiger partial charge in [-0.2, -0.15) is 0 Å². The topological polar surface area (TPSA) is 65.0 Å². The van der Waals surface area contributed by atoms with Gasteiger partial charge in [0.15, 0.2) is 12.6 Å². The average molecular weight is 358 g/mol. The molecule has 3 atom stereocenters. The van der Waals surface area contributed by atoms with Crippen molar-refractivity contribution in [3.8, 4) is 5.75 Å². The fourth-order valence-electron chi connectivity index (χ4n) is 4.02. The number of aliphatic hydroxyl groups excluding tert-OH is 1. The largest absolute Gasteiger partial charge is 0.496 e. The third-order valence-electron chi connectivity index (χ3n) is 5.48. The molecule has 0 saturated carbocycles. The zero-order valence-electron chi connectivity index (χ0n) is 15.4. The van der Waals surface area contributed by atoms with E-state index >= 15 is 0 Å². The third kappa shape index (κ3) is 3.29. The van der Waals surface area contributed by atoms with Gasteiger partial charge in [-0.3, -0.25) is 4.79 Å². The van der Waals surface area contributed by atoms with Crippen molar-refractivity contribution in [2.45, 2.75) is 38.4 Å². The summed E-state index contributed by atoms with van der Waals surface area (Å²) in [4.78, 5) is 12.3. The maximum atomic E-state index is 12.3. The number of ketones is 1. The second kappa shape index (κ2) is 7.64. The van der Waals surface area contributed by atoms with Gasteiger partial charge in [-0.1, -0.05) is 19.1 Å². The van der Waals surface area contributed by atoms with Gasteiger partial charge >= 0.3 is 0 Å². The molecule has 0 bridgehead atoms. The summed E-state index contributed by atoms with van der Waals surface area (Å²) in [6.45, 7) is 5.99. The second-order valence-electron chi connectivity index (χ2n) is 7.04. The van der Waals surface area contributed by atoms with E-state index in [0.29, 0.717) is 24.4 Å². The van der Waals surface area contributed by atoms with Crippen molar-refractivity contribution >= 4 is 5.78 Å². The molecule has 0 unspecified atom stereocenters. The van der Waals surface area contributed by atoms with E-state index in [9.17, 15) is 9.90 Å². The molecule has 0 aromatic heterocycles. The van der Waals surface area contributed by atoms with Gasteiger partial charge in [0.2, 0.25) is 0 Å². The van der Waals surface area contributed by atoms with Crippen LogP contribution < -0.4 is 4.74 Å². The molecule has 26 heavy (non-hydrogen) atoms. The number of fused-ring (bicyclic) bond motifs is 1. The van der Waals surface area contributed by atoms with Crippen LogP contribution in [0.15, 0.2) is 42.7 Å². The van der Waals surface area contributed by atoms with Crippen molar-refractivity contribution in [2.75, 3.05) is 13.9 Å². The van der Waals surface area contributed by atoms with Gasteiger partial charge in [0, 0.05) is 17.6 Å². The van der Waals surface area contributed by atoms with E-state index in [-0.39, 0.29) is 31.0 Å². The van der Waals surface area contributed by atoms with Gasteiger partial charge in [0.05, 0.1) is 13.7 Å². The van der Waals surface area contributed by atoms with Crippen molar-refractivity contribution in [3.05, 3.63) is 53.8 Å². The molecular formula is C21H26O5. The number of ether oxygens (including phenoxy) is 3. The maximum absolute atomic E-state index is 12.3. The van der Waals surface area contributed by atoms with Crippen molar-refractivity contribution < 1.29 is 24.1 Å². The highest BCUT2D eigenvalue weighted by atomic mass is 16.7. The molecule has 1 heterocycles. The van der Waals surface area contributed by atoms with Crippen molar-refractivity contribution in [3.63, 3.8) is 0 Å². The lowest BCUT2D eigenvalue weighted by Crippen LogP contribution is -2.44. The molecule has 1 aromatic rings. The molecule has 1 aromatic carbocycles. The second-order valence-corrected chi connectivity index (χ2v) is 7.04. The van der Waals surface area contributed by atoms with E-state index < -0.39 is 5.60 Å². The first kappa shape index (κ1) is 18.7. The molecule has 1 aliphatic heterocycles. The Kier molecular flexibility index (Phi) is 5.49. The van der Waals surface area contributed by atoms with E-state index in [2.05, 4.69) is 13.5 Å². The van der Waals surface area contributed by atoms with Gasteiger partial charge in [0.25, 0.3) is 0 Å². The minimum Gasteiger partial charge on any atom is -0.496 e. The SMILES string of the molecule is C=CC[C@H]1C[C@]2([C@H](C)Cc3ccc(OC)c(CO)c3)OCOC2=CC1=O. The van der Waals surface area contributed by atoms with Crippen LogP contribution >= 0.6 is 0 Å². The molecular weight excluding hydrogens is 332 g/mol. The van der Waals surface area contributed by atoms with E-state index in [0.717, 1.165) is 17.5 Å². The Bertz CT molecular complexity index is 723. The smallest absolute Gasteiger partial charge is 0.189 e. The molecule has 2 aliphatic rings. The highest BCUT2D eigenvalue weighted by Crippen LogP contribution is 2.46. The van der Waals surface area contributed by atoms with Crippen LogP contribution in [0.5, 0.6) is 5.75 Å². The number of benzene rings is 1. The molecule has 1 saturated heterocycles. The number of aliphatic hydroxyl groups is 1. The van der Waals surface area contributed by atoms with Crippen LogP contribution in [0.2, 0.25) is 0 Å². The summed E-state index contributed by atoms with van der Waals surface area (Å²) >= 11 is 0. The number of hydrogen-bond donors (Lipinski definition) is 1. The normalized spacial score (nSPS) is 25.9. The monoisotopic (exact) mass is 358 g/mol. The molecule has 0 amide bonds. The number of carbonyl (C=O) groups excluding carboxylic acids is 1. The summed E-state index contributed by atoms with van der Waals surface area (Å²) in [5.41, 5.74) is 1.27. The van der Waals surface area contributed by atoms with Crippen molar-refractivity contribution in [1.82, 2.24) is 0 Å². The third-order valence-corrected chi connectivity index (χ3v) is 5.48. The zero-order valence-corrected chi connectivity index (χ0v) is 15.4. The van der Waals surface area contributed by atoms with Crippen LogP contribution in [0.1, 0.15) is 30.9 Å². The lowest BCUT2D eigenvalue weighted by molar-refractivity contribution is -0.123. The molecule has 140 valence electrons. The summed E-state index contributed by atoms with van der Waals surface area (Å²) in [5, 5.41) is 9.55. The van der Waals surface area contributed by atoms with Crippen molar-refractivity contribution in [2.24, 2.45) is 11.8 Å². The van der Waals surface area contributed by atoms with Crippen LogP contribution in [0.4, 0.5) is 0 Å². The number of methoxy groups -OCH3 is 1. The minimum atomic E-state index is -0.582. The van der Waals surface area contributed by atoms with Gasteiger partial charge < -0.3 is 19.3 Å². The first-order valence-corrected chi connectivity index (χ1v) is 8.94. The quantitative estimate of drug-likeness (QED) is 0.759. The molecule has 1 fully saturated rings. The van der Waals surface area contributed by atoms with E-state index in [1.165, 1.54) is 0 Å². The van der Waals surface area contributed by atoms with Crippen LogP contribution in [-0.4, -0.2) is 30.4 Å². The number of allylic oxidation sites excluding steroid dienone is 2. The van der Waals surface area contributed by atoms with E-state index in [1.807, 2.05) is 18.2 Å². The summed E-state index contributed by atoms with van der Waals surface area (Å²) in [7, 11) is 1.59. The predicted octanol–water partition coefficient (Wildman–Crippen LogP) is 3.16. The number of carbonyl (C=O) groups is 1. The van der Waals surface area contributed by atoms with Gasteiger partial charge in [-0.05, 0) is 42.9 Å². The molecule has 3 rings (SSSR count). The number of hydrogen-bond acceptors (Lipinski definition) is 5. The van der Waals surface area contributed by atoms with E-state index in [1.54, 1.807) is 19.3 Å². The highest BCUT2D eigenvalue weighted by Gasteiger charge is 2.51. The Morgan fingerprint density at radius 2 is 2.31 bits per heavy atom. The summed E-state index contributed by atoms with van der Waals surface area (Å²) < 4.78 is 17.0. The lowest BCUT2D eigenvalue weighted by Gasteiger charge is -2.38. The predicted molar refractivity (Wildman–Crippen MR) is 97.6 cm³/mol. The standard InChI is InChI=1S/C21H26O5/c1-4-5-16-11-21(20(10-18(16)23)25-13-26-21)14(2)8-15-6-7-19(24-3)17(9-15)12-22/h4,6-7,9-10,14,16,22H,1,5,8,11-13H2,2-3H3/t14-,16+,21-/m1/s1. The van der Waals surface area contributed by atoms with Crippen molar-refractivity contribution in [1.29, 1.82) is 0 Å². The number of rotatable bonds is 7. The summed E-state index contributed by atoms with van der Waals surface area (Å²) in [6.07, 6.45) is 5.37. The Hall–Kier alpha value is -2.11. The fourth-order valence-corrected chi connectivity index (χ4v) is 4.02. The first-order valence-electron chi connectivity index (χ1n) is 8.94. The fraction of sp³-hybridized carbons (Fsp3) is 0.476. The molecule has 1 aliphatic carbocycles. The van der Waals surface area contributed by atoms with Crippen LogP contribution in [0, 0.1) is 11.8 Å². The average Bonchev–Trinajstić information content (AvgIpc) is 3.06. The highest BCUT2D eigenvalue weighted by molar-refractivity contribution is 5.93. The maximum Gasteiger partial charge on any atom is 0.189 e. The molecule has 5 heteroatoms. The van der Waals surface area contributed by atoms with Gasteiger partial charge in [-0.25, -0.2) is 0 Å². The summed E-state index contributed by atoms with van der Waals surface area (Å²) in [6, 6.07) is 5.83. The Balaban J connectivity index is 1.86. The lowest BCUT2D eigenvalue weighted by atomic mass is 9.71. The zero-order chi connectivity index (χ0) is 18.7. The van der Waals surface area contributed by atoms with Crippen LogP contribution in [0.25, 0.3) is 0 Å². The summed E-state index contributed by atoms with van der Waals surface area (Å²) in [5.74, 6) is 1.39. The molecule has 1 N–H and O–H groups in total. The van der Waals surface area contributed by atoms with Crippen LogP contribution in [-0.2, 0) is 27.3 Å². The van der Waals surface area contributed by atoms with E-state index in [4.69, 9.17) is 14.2 Å². The Morgan fingerprint density at radius 1 is 1.50 bits per heavy atom. The molecule has 0 spiro atoms. The van der Waals surface area contributed by atoms with Gasteiger partial charge in [-0.15, -0.1) is 6.58 Å². The minimum absolute atomic E-state index is 0.0722. The molecule has 0 radical (unpaired) electrons. The Labute approximate surface area is 154 Å². The Morgan fingerprint density at radius 3 is 3.00 bits per heavy atom.